The molecule has 528 valence electrons. The number of Topliss-reactive ketones (excluding diaryl/α,β-unsaturated/α-hetero) is 2. The van der Waals surface area contributed by atoms with Crippen LogP contribution in [0, 0.1) is 0 Å². The van der Waals surface area contributed by atoms with E-state index in [1.807, 2.05) is 20.8 Å². The van der Waals surface area contributed by atoms with Crippen LogP contribution in [-0.2, 0) is 66.5 Å². The SMILES string of the molecule is C/C=C\O[C@H]1O[C@@H]2COC(C)(C)O[C@H]2[C@H](OCCCCCCCCCC)[C@H]1NC(=O)CC(=O)CCCCCCCCCCC.C=CCOC(=O)O[C@H]1[C@H](OCCCCCCCCCC)[C@@H](NC(=O)CC(=O)CCCCCCCCCCC)[C@@H](O/C=C\C)O[C@@H]1CO. The summed E-state index contributed by atoms with van der Waals surface area (Å²) in [5.41, 5.74) is 0. The zero-order valence-corrected chi connectivity index (χ0v) is 58.3. The molecule has 3 heterocycles. The van der Waals surface area contributed by atoms with E-state index in [2.05, 4.69) is 44.9 Å². The Labute approximate surface area is 551 Å². The van der Waals surface area contributed by atoms with Gasteiger partial charge in [0.1, 0.15) is 60.8 Å². The lowest BCUT2D eigenvalue weighted by atomic mass is 9.94. The quantitative estimate of drug-likeness (QED) is 0.0169. The normalized spacial score (nSPS) is 22.8. The molecule has 0 spiro atoms. The van der Waals surface area contributed by atoms with Crippen LogP contribution in [0.4, 0.5) is 4.79 Å². The molecule has 3 saturated heterocycles. The van der Waals surface area contributed by atoms with Crippen molar-refractivity contribution >= 4 is 29.5 Å². The Kier molecular flexibility index (Phi) is 49.7. The number of unbranched alkanes of at least 4 members (excludes halogenated alkanes) is 30. The molecule has 18 heteroatoms. The second-order valence-corrected chi connectivity index (χ2v) is 25.6. The lowest BCUT2D eigenvalue weighted by molar-refractivity contribution is -0.368. The molecule has 2 amide bonds. The molecule has 3 aliphatic heterocycles. The minimum Gasteiger partial charge on any atom is -0.471 e. The molecule has 0 saturated carbocycles. The highest BCUT2D eigenvalue weighted by Gasteiger charge is 2.54. The molecule has 3 aliphatic rings. The van der Waals surface area contributed by atoms with E-state index in [9.17, 15) is 29.1 Å². The van der Waals surface area contributed by atoms with Gasteiger partial charge in [0, 0.05) is 26.1 Å². The first kappa shape index (κ1) is 83.2. The number of ketones is 2. The number of carbonyl (C=O) groups is 5. The molecule has 0 radical (unpaired) electrons. The molecule has 3 N–H and O–H groups in total. The standard InChI is InChI=1S/C37H65NO9.C36H65NO7/c1-5-9-11-13-15-17-18-20-22-24-30(40)28-32(41)38-33-35(43-27-23-21-19-16-14-12-10-6-2)34(47-37(42)45-26-8-4)31(29-39)46-36(33)44-25-7-3;1-6-9-11-13-15-17-18-20-22-24-29(38)27-31(39)37-32-34(40-26-23-21-19-16-14-12-10-7-2)33-30(28-42-36(4,5)44-33)43-35(32)41-25-8-3/h7-8,25,31,33-36,39H,4-6,9-24,26-29H2,1-3H3,(H,38,41);8,25,30,32-35H,6-7,9-24,26-28H2,1-5H3,(H,37,39)/b25-7-;25-8-/t31-,33-,34-,35-,36+;30-,32-,33-,34-,35+/m11/s1. The molecule has 10 atom stereocenters. The van der Waals surface area contributed by atoms with Crippen LogP contribution >= 0.6 is 0 Å². The lowest BCUT2D eigenvalue weighted by Gasteiger charge is -2.50. The third-order valence-electron chi connectivity index (χ3n) is 16.8. The Hall–Kier alpha value is -3.91. The zero-order chi connectivity index (χ0) is 66.6. The Balaban J connectivity index is 0.000000621. The van der Waals surface area contributed by atoms with Crippen LogP contribution in [0.3, 0.4) is 0 Å². The minimum absolute atomic E-state index is 0.0363. The first-order chi connectivity index (χ1) is 44.2. The molecule has 0 aromatic heterocycles. The van der Waals surface area contributed by atoms with Gasteiger partial charge in [-0.15, -0.1) is 0 Å². The van der Waals surface area contributed by atoms with E-state index >= 15 is 0 Å². The van der Waals surface area contributed by atoms with Crippen LogP contribution in [0.15, 0.2) is 37.3 Å². The van der Waals surface area contributed by atoms with Crippen molar-refractivity contribution in [1.29, 1.82) is 0 Å². The fourth-order valence-corrected chi connectivity index (χ4v) is 11.7. The number of rotatable bonds is 54. The van der Waals surface area contributed by atoms with E-state index in [-0.39, 0.29) is 36.9 Å². The first-order valence-corrected chi connectivity index (χ1v) is 36.3. The van der Waals surface area contributed by atoms with Gasteiger partial charge >= 0.3 is 6.16 Å². The maximum Gasteiger partial charge on any atom is 0.509 e. The Morgan fingerprint density at radius 3 is 1.32 bits per heavy atom. The maximum atomic E-state index is 13.2. The molecule has 3 rings (SSSR count). The van der Waals surface area contributed by atoms with Gasteiger partial charge in [0.05, 0.1) is 38.6 Å². The van der Waals surface area contributed by atoms with Crippen molar-refractivity contribution < 1.29 is 76.4 Å². The van der Waals surface area contributed by atoms with Crippen molar-refractivity contribution in [3.63, 3.8) is 0 Å². The van der Waals surface area contributed by atoms with Crippen molar-refractivity contribution in [3.8, 4) is 0 Å². The number of fused-ring (bicyclic) bond motifs is 1. The summed E-state index contributed by atoms with van der Waals surface area (Å²) in [5.74, 6) is -1.81. The third kappa shape index (κ3) is 38.9. The number of hydrogen-bond donors (Lipinski definition) is 3. The van der Waals surface area contributed by atoms with Crippen LogP contribution < -0.4 is 10.6 Å². The molecule has 91 heavy (non-hydrogen) atoms. The van der Waals surface area contributed by atoms with E-state index < -0.39 is 85.7 Å². The number of nitrogens with one attached hydrogen (secondary N) is 2. The first-order valence-electron chi connectivity index (χ1n) is 36.3. The van der Waals surface area contributed by atoms with E-state index in [0.717, 1.165) is 77.0 Å². The average molecular weight is 1290 g/mol. The second kappa shape index (κ2) is 54.4. The smallest absolute Gasteiger partial charge is 0.471 e. The minimum atomic E-state index is -1.11. The molecule has 18 nitrogen and oxygen atoms in total. The molecular weight excluding hydrogens is 1160 g/mol. The molecule has 3 fully saturated rings. The highest BCUT2D eigenvalue weighted by atomic mass is 16.8. The monoisotopic (exact) mass is 1290 g/mol. The Morgan fingerprint density at radius 1 is 0.527 bits per heavy atom. The fourth-order valence-electron chi connectivity index (χ4n) is 11.7. The highest BCUT2D eigenvalue weighted by Crippen LogP contribution is 2.35. The van der Waals surface area contributed by atoms with Gasteiger partial charge in [-0.05, 0) is 53.4 Å². The van der Waals surface area contributed by atoms with Crippen molar-refractivity contribution in [2.75, 3.05) is 33.0 Å². The molecule has 0 unspecified atom stereocenters. The van der Waals surface area contributed by atoms with Crippen molar-refractivity contribution in [1.82, 2.24) is 10.6 Å². The number of hydrogen-bond acceptors (Lipinski definition) is 16. The Bertz CT molecular complexity index is 1930. The zero-order valence-electron chi connectivity index (χ0n) is 58.3. The van der Waals surface area contributed by atoms with Crippen molar-refractivity contribution in [2.45, 2.75) is 366 Å². The van der Waals surface area contributed by atoms with Crippen molar-refractivity contribution in [2.24, 2.45) is 0 Å². The van der Waals surface area contributed by atoms with Crippen molar-refractivity contribution in [3.05, 3.63) is 37.3 Å². The van der Waals surface area contributed by atoms with Gasteiger partial charge in [-0.1, -0.05) is 245 Å². The summed E-state index contributed by atoms with van der Waals surface area (Å²) >= 11 is 0. The van der Waals surface area contributed by atoms with Crippen LogP contribution in [-0.4, -0.2) is 135 Å². The fraction of sp³-hybridized carbons (Fsp3) is 0.849. The molecule has 0 aromatic carbocycles. The summed E-state index contributed by atoms with van der Waals surface area (Å²) in [4.78, 5) is 64.3. The van der Waals surface area contributed by atoms with E-state index in [4.69, 9.17) is 47.4 Å². The van der Waals surface area contributed by atoms with E-state index in [1.165, 1.54) is 154 Å². The van der Waals surface area contributed by atoms with Gasteiger partial charge in [0.2, 0.25) is 24.4 Å². The van der Waals surface area contributed by atoms with Gasteiger partial charge in [0.25, 0.3) is 0 Å². The van der Waals surface area contributed by atoms with Gasteiger partial charge in [-0.25, -0.2) is 4.79 Å². The van der Waals surface area contributed by atoms with E-state index in [1.54, 1.807) is 25.3 Å². The summed E-state index contributed by atoms with van der Waals surface area (Å²) in [5, 5.41) is 16.1. The van der Waals surface area contributed by atoms with E-state index in [0.29, 0.717) is 32.7 Å². The largest absolute Gasteiger partial charge is 0.509 e. The third-order valence-corrected chi connectivity index (χ3v) is 16.8. The van der Waals surface area contributed by atoms with Crippen LogP contribution in [0.2, 0.25) is 0 Å². The van der Waals surface area contributed by atoms with Crippen LogP contribution in [0.25, 0.3) is 0 Å². The molecule has 0 aliphatic carbocycles. The predicted octanol–water partition coefficient (Wildman–Crippen LogP) is 16.2. The number of amides is 2. The molecule has 0 aromatic rings. The number of aliphatic hydroxyl groups is 1. The summed E-state index contributed by atoms with van der Waals surface area (Å²) in [6, 6.07) is -1.57. The molecule has 0 bridgehead atoms. The van der Waals surface area contributed by atoms with Gasteiger partial charge in [0.15, 0.2) is 11.9 Å². The van der Waals surface area contributed by atoms with Gasteiger partial charge in [-0.3, -0.25) is 19.2 Å². The number of carbonyl (C=O) groups excluding carboxylic acids is 5. The Morgan fingerprint density at radius 2 is 0.912 bits per heavy atom. The van der Waals surface area contributed by atoms with Crippen LogP contribution in [0.5, 0.6) is 0 Å². The second-order valence-electron chi connectivity index (χ2n) is 25.6. The summed E-state index contributed by atoms with van der Waals surface area (Å²) in [6.07, 6.45) is 40.5. The van der Waals surface area contributed by atoms with Gasteiger partial charge < -0.3 is 63.1 Å². The topological polar surface area (TPSA) is 222 Å². The molecular formula is C73H130N2O16. The summed E-state index contributed by atoms with van der Waals surface area (Å²) < 4.78 is 59.5. The average Bonchev–Trinajstić information content (AvgIpc) is 0.920. The van der Waals surface area contributed by atoms with Gasteiger partial charge in [-0.2, -0.15) is 0 Å². The van der Waals surface area contributed by atoms with Crippen LogP contribution in [0.1, 0.15) is 299 Å². The predicted molar refractivity (Wildman–Crippen MR) is 359 cm³/mol. The lowest BCUT2D eigenvalue weighted by Crippen LogP contribution is -2.69. The number of ether oxygens (including phenoxy) is 10. The summed E-state index contributed by atoms with van der Waals surface area (Å²) in [7, 11) is 0. The number of aliphatic hydroxyl groups excluding tert-OH is 1. The summed E-state index contributed by atoms with van der Waals surface area (Å²) in [6.45, 7) is 20.5. The highest BCUT2D eigenvalue weighted by molar-refractivity contribution is 5.98. The number of allylic oxidation sites excluding steroid dienone is 2. The maximum absolute atomic E-state index is 13.2.